The Labute approximate surface area is 115 Å². The standard InChI is InChI=1S/C13H14N2O5/c1-3-6-14-13(17)9(2)20-12-5-4-10(8-16)7-11(12)15(18)19/h3-5,7-9H,1,6H2,2H3,(H,14,17). The van der Waals surface area contributed by atoms with Crippen LogP contribution < -0.4 is 10.1 Å². The van der Waals surface area contributed by atoms with Gasteiger partial charge in [-0.1, -0.05) is 6.08 Å². The number of nitrogens with zero attached hydrogens (tertiary/aromatic N) is 1. The van der Waals surface area contributed by atoms with Gasteiger partial charge in [0.2, 0.25) is 0 Å². The second-order valence-electron chi connectivity index (χ2n) is 3.90. The fourth-order valence-corrected chi connectivity index (χ4v) is 1.41. The monoisotopic (exact) mass is 278 g/mol. The highest BCUT2D eigenvalue weighted by Gasteiger charge is 2.21. The molecule has 0 aliphatic heterocycles. The van der Waals surface area contributed by atoms with Crippen LogP contribution in [0.1, 0.15) is 17.3 Å². The predicted octanol–water partition coefficient (Wildman–Crippen LogP) is 1.48. The number of benzene rings is 1. The lowest BCUT2D eigenvalue weighted by atomic mass is 10.2. The highest BCUT2D eigenvalue weighted by atomic mass is 16.6. The van der Waals surface area contributed by atoms with Crippen molar-refractivity contribution in [1.29, 1.82) is 0 Å². The molecule has 0 heterocycles. The summed E-state index contributed by atoms with van der Waals surface area (Å²) in [5.74, 6) is -0.486. The number of amides is 1. The summed E-state index contributed by atoms with van der Waals surface area (Å²) in [4.78, 5) is 32.4. The molecule has 20 heavy (non-hydrogen) atoms. The van der Waals surface area contributed by atoms with Crippen molar-refractivity contribution in [3.8, 4) is 5.75 Å². The number of aldehydes is 1. The van der Waals surface area contributed by atoms with Gasteiger partial charge in [-0.2, -0.15) is 0 Å². The molecule has 0 saturated heterocycles. The molecule has 1 rings (SSSR count). The summed E-state index contributed by atoms with van der Waals surface area (Å²) in [6, 6.07) is 3.76. The molecule has 0 bridgehead atoms. The van der Waals surface area contributed by atoms with Gasteiger partial charge in [0, 0.05) is 18.2 Å². The average Bonchev–Trinajstić information content (AvgIpc) is 2.44. The fraction of sp³-hybridized carbons (Fsp3) is 0.231. The summed E-state index contributed by atoms with van der Waals surface area (Å²) < 4.78 is 5.26. The number of hydrogen-bond donors (Lipinski definition) is 1. The van der Waals surface area contributed by atoms with Crippen LogP contribution in [0.15, 0.2) is 30.9 Å². The second kappa shape index (κ2) is 7.03. The molecule has 0 aromatic heterocycles. The Hall–Kier alpha value is -2.70. The second-order valence-corrected chi connectivity index (χ2v) is 3.90. The molecule has 1 aromatic rings. The van der Waals surface area contributed by atoms with Gasteiger partial charge in [0.05, 0.1) is 4.92 Å². The molecule has 1 amide bonds. The first-order valence-electron chi connectivity index (χ1n) is 5.78. The highest BCUT2D eigenvalue weighted by Crippen LogP contribution is 2.28. The lowest BCUT2D eigenvalue weighted by Gasteiger charge is -2.14. The summed E-state index contributed by atoms with van der Waals surface area (Å²) in [7, 11) is 0. The quantitative estimate of drug-likeness (QED) is 0.352. The first-order chi connectivity index (χ1) is 9.49. The van der Waals surface area contributed by atoms with E-state index in [1.807, 2.05) is 0 Å². The molecule has 7 heteroatoms. The Kier molecular flexibility index (Phi) is 5.40. The normalized spacial score (nSPS) is 11.2. The molecule has 0 saturated carbocycles. The van der Waals surface area contributed by atoms with E-state index < -0.39 is 16.9 Å². The van der Waals surface area contributed by atoms with Crippen molar-refractivity contribution in [2.24, 2.45) is 0 Å². The third-order valence-electron chi connectivity index (χ3n) is 2.41. The van der Waals surface area contributed by atoms with Gasteiger partial charge in [0.1, 0.15) is 6.29 Å². The number of nitro benzene ring substituents is 1. The van der Waals surface area contributed by atoms with E-state index in [1.54, 1.807) is 0 Å². The number of nitrogens with one attached hydrogen (secondary N) is 1. The molecular weight excluding hydrogens is 264 g/mol. The molecule has 1 atom stereocenters. The molecule has 0 spiro atoms. The number of ether oxygens (including phenoxy) is 1. The Balaban J connectivity index is 2.91. The molecule has 1 aromatic carbocycles. The topological polar surface area (TPSA) is 98.5 Å². The maximum Gasteiger partial charge on any atom is 0.311 e. The van der Waals surface area contributed by atoms with Gasteiger partial charge < -0.3 is 10.1 Å². The third-order valence-corrected chi connectivity index (χ3v) is 2.41. The molecule has 0 aliphatic rings. The first-order valence-corrected chi connectivity index (χ1v) is 5.78. The van der Waals surface area contributed by atoms with Gasteiger partial charge in [-0.25, -0.2) is 0 Å². The SMILES string of the molecule is C=CCNC(=O)C(C)Oc1ccc(C=O)cc1[N+](=O)[O-]. The molecule has 7 nitrogen and oxygen atoms in total. The number of carbonyl (C=O) groups is 2. The minimum atomic E-state index is -0.907. The van der Waals surface area contributed by atoms with Crippen molar-refractivity contribution in [3.63, 3.8) is 0 Å². The van der Waals surface area contributed by atoms with Crippen molar-refractivity contribution in [2.45, 2.75) is 13.0 Å². The number of nitro groups is 1. The smallest absolute Gasteiger partial charge is 0.311 e. The van der Waals surface area contributed by atoms with Crippen molar-refractivity contribution in [3.05, 3.63) is 46.5 Å². The molecule has 0 radical (unpaired) electrons. The maximum absolute atomic E-state index is 11.6. The minimum absolute atomic E-state index is 0.0677. The lowest BCUT2D eigenvalue weighted by Crippen LogP contribution is -2.36. The van der Waals surface area contributed by atoms with E-state index in [2.05, 4.69) is 11.9 Å². The van der Waals surface area contributed by atoms with Crippen LogP contribution in [-0.4, -0.2) is 29.8 Å². The van der Waals surface area contributed by atoms with Gasteiger partial charge >= 0.3 is 5.69 Å². The third kappa shape index (κ3) is 3.91. The van der Waals surface area contributed by atoms with E-state index in [-0.39, 0.29) is 23.5 Å². The number of rotatable bonds is 7. The summed E-state index contributed by atoms with van der Waals surface area (Å²) in [5.41, 5.74) is -0.203. The summed E-state index contributed by atoms with van der Waals surface area (Å²) >= 11 is 0. The zero-order chi connectivity index (χ0) is 15.1. The molecule has 1 unspecified atom stereocenters. The Morgan fingerprint density at radius 2 is 2.30 bits per heavy atom. The van der Waals surface area contributed by atoms with Gasteiger partial charge in [-0.3, -0.25) is 19.7 Å². The molecular formula is C13H14N2O5. The minimum Gasteiger partial charge on any atom is -0.474 e. The largest absolute Gasteiger partial charge is 0.474 e. The Bertz CT molecular complexity index is 542. The van der Waals surface area contributed by atoms with E-state index in [1.165, 1.54) is 25.1 Å². The van der Waals surface area contributed by atoms with Crippen LogP contribution in [0.3, 0.4) is 0 Å². The first kappa shape index (κ1) is 15.4. The van der Waals surface area contributed by atoms with E-state index >= 15 is 0 Å². The average molecular weight is 278 g/mol. The van der Waals surface area contributed by atoms with Crippen LogP contribution >= 0.6 is 0 Å². The van der Waals surface area contributed by atoms with Crippen molar-refractivity contribution >= 4 is 17.9 Å². The maximum atomic E-state index is 11.6. The van der Waals surface area contributed by atoms with Gasteiger partial charge in [-0.05, 0) is 19.1 Å². The van der Waals surface area contributed by atoms with Gasteiger partial charge in [0.25, 0.3) is 5.91 Å². The van der Waals surface area contributed by atoms with E-state index in [0.717, 1.165) is 6.07 Å². The summed E-state index contributed by atoms with van der Waals surface area (Å²) in [5, 5.41) is 13.4. The number of carbonyl (C=O) groups excluding carboxylic acids is 2. The molecule has 0 aliphatic carbocycles. The fourth-order valence-electron chi connectivity index (χ4n) is 1.41. The van der Waals surface area contributed by atoms with Crippen molar-refractivity contribution < 1.29 is 19.2 Å². The van der Waals surface area contributed by atoms with E-state index in [4.69, 9.17) is 4.74 Å². The van der Waals surface area contributed by atoms with Crippen LogP contribution in [0.5, 0.6) is 5.75 Å². The lowest BCUT2D eigenvalue weighted by molar-refractivity contribution is -0.386. The molecule has 106 valence electrons. The van der Waals surface area contributed by atoms with Crippen LogP contribution in [-0.2, 0) is 4.79 Å². The van der Waals surface area contributed by atoms with Crippen LogP contribution in [0, 0.1) is 10.1 Å². The zero-order valence-corrected chi connectivity index (χ0v) is 10.9. The summed E-state index contributed by atoms with van der Waals surface area (Å²) in [6.07, 6.45) is 1.10. The van der Waals surface area contributed by atoms with Crippen molar-refractivity contribution in [1.82, 2.24) is 5.32 Å². The molecule has 1 N–H and O–H groups in total. The van der Waals surface area contributed by atoms with E-state index in [0.29, 0.717) is 6.29 Å². The van der Waals surface area contributed by atoms with Crippen LogP contribution in [0.4, 0.5) is 5.69 Å². The Morgan fingerprint density at radius 1 is 1.60 bits per heavy atom. The van der Waals surface area contributed by atoms with Gasteiger partial charge in [-0.15, -0.1) is 6.58 Å². The highest BCUT2D eigenvalue weighted by molar-refractivity contribution is 5.81. The Morgan fingerprint density at radius 3 is 2.85 bits per heavy atom. The molecule has 0 fully saturated rings. The van der Waals surface area contributed by atoms with Crippen LogP contribution in [0.2, 0.25) is 0 Å². The van der Waals surface area contributed by atoms with Crippen LogP contribution in [0.25, 0.3) is 0 Å². The number of hydrogen-bond acceptors (Lipinski definition) is 5. The van der Waals surface area contributed by atoms with Crippen molar-refractivity contribution in [2.75, 3.05) is 6.54 Å². The van der Waals surface area contributed by atoms with Gasteiger partial charge in [0.15, 0.2) is 11.9 Å². The summed E-state index contributed by atoms with van der Waals surface area (Å²) in [6.45, 7) is 5.20. The van der Waals surface area contributed by atoms with E-state index in [9.17, 15) is 19.7 Å². The zero-order valence-electron chi connectivity index (χ0n) is 10.9. The predicted molar refractivity (Wildman–Crippen MR) is 71.8 cm³/mol.